The highest BCUT2D eigenvalue weighted by Gasteiger charge is 2.40. The first-order chi connectivity index (χ1) is 4.85. The van der Waals surface area contributed by atoms with E-state index in [1.54, 1.807) is 0 Å². The minimum Gasteiger partial charge on any atom is -0.0649 e. The van der Waals surface area contributed by atoms with E-state index in [4.69, 9.17) is 0 Å². The molecule has 2 unspecified atom stereocenters. The predicted molar refractivity (Wildman–Crippen MR) is 43.6 cm³/mol. The smallest absolute Gasteiger partial charge is 0.0295 e. The summed E-state index contributed by atoms with van der Waals surface area (Å²) in [7, 11) is 0. The van der Waals surface area contributed by atoms with Gasteiger partial charge in [-0.2, -0.15) is 0 Å². The minimum absolute atomic E-state index is 0.781. The van der Waals surface area contributed by atoms with Gasteiger partial charge in [-0.25, -0.2) is 0 Å². The fourth-order valence-electron chi connectivity index (χ4n) is 2.77. The van der Waals surface area contributed by atoms with Crippen LogP contribution in [0, 0.1) is 17.8 Å². The molecule has 2 aliphatic rings. The first kappa shape index (κ1) is 6.69. The number of rotatable bonds is 1. The largest absolute Gasteiger partial charge is 0.0649 e. The summed E-state index contributed by atoms with van der Waals surface area (Å²) >= 11 is 0. The molecule has 0 heteroatoms. The summed E-state index contributed by atoms with van der Waals surface area (Å²) in [4.78, 5) is 0. The molecule has 2 aliphatic carbocycles. The highest BCUT2D eigenvalue weighted by atomic mass is 14.4. The number of hydrogen-bond donors (Lipinski definition) is 0. The molecule has 0 aromatic carbocycles. The maximum Gasteiger partial charge on any atom is -0.0295 e. The lowest BCUT2D eigenvalue weighted by atomic mass is 9.74. The Bertz CT molecular complexity index is 124. The van der Waals surface area contributed by atoms with E-state index in [-0.39, 0.29) is 0 Å². The molecule has 1 radical (unpaired) electrons. The van der Waals surface area contributed by atoms with Gasteiger partial charge in [0.2, 0.25) is 0 Å². The van der Waals surface area contributed by atoms with Gasteiger partial charge in [0.1, 0.15) is 0 Å². The standard InChI is InChI=1S/C10H17/c1-2-10-6-3-4-9(8-10)5-7-10/h5,9H,2-4,6-8H2,1H3. The molecule has 57 valence electrons. The highest BCUT2D eigenvalue weighted by Crippen LogP contribution is 2.52. The zero-order chi connectivity index (χ0) is 7.03. The van der Waals surface area contributed by atoms with Crippen LogP contribution >= 0.6 is 0 Å². The van der Waals surface area contributed by atoms with Gasteiger partial charge in [-0.1, -0.05) is 26.2 Å². The van der Waals surface area contributed by atoms with Crippen LogP contribution in [-0.4, -0.2) is 0 Å². The third-order valence-corrected chi connectivity index (χ3v) is 3.61. The molecule has 0 aromatic rings. The molecular formula is C10H17. The maximum atomic E-state index is 2.58. The van der Waals surface area contributed by atoms with Crippen molar-refractivity contribution in [2.45, 2.75) is 45.4 Å². The van der Waals surface area contributed by atoms with E-state index in [0.29, 0.717) is 0 Å². The van der Waals surface area contributed by atoms with Gasteiger partial charge >= 0.3 is 0 Å². The summed E-state index contributed by atoms with van der Waals surface area (Å²) in [6, 6.07) is 0. The Morgan fingerprint density at radius 1 is 1.60 bits per heavy atom. The second-order valence-electron chi connectivity index (χ2n) is 4.15. The summed E-state index contributed by atoms with van der Waals surface area (Å²) in [5.74, 6) is 1.01. The Labute approximate surface area is 64.0 Å². The van der Waals surface area contributed by atoms with Crippen molar-refractivity contribution in [2.75, 3.05) is 0 Å². The molecule has 0 aromatic heterocycles. The van der Waals surface area contributed by atoms with Crippen LogP contribution in [0.25, 0.3) is 0 Å². The monoisotopic (exact) mass is 137 g/mol. The number of hydrogen-bond acceptors (Lipinski definition) is 0. The average molecular weight is 137 g/mol. The third kappa shape index (κ3) is 0.889. The lowest BCUT2D eigenvalue weighted by molar-refractivity contribution is 0.203. The second kappa shape index (κ2) is 2.25. The molecule has 0 heterocycles. The zero-order valence-electron chi connectivity index (χ0n) is 6.90. The van der Waals surface area contributed by atoms with Crippen LogP contribution in [0.5, 0.6) is 0 Å². The van der Waals surface area contributed by atoms with Crippen molar-refractivity contribution in [1.82, 2.24) is 0 Å². The van der Waals surface area contributed by atoms with E-state index in [0.717, 1.165) is 11.3 Å². The maximum absolute atomic E-state index is 2.58. The predicted octanol–water partition coefficient (Wildman–Crippen LogP) is 3.18. The summed E-state index contributed by atoms with van der Waals surface area (Å²) in [6.07, 6.45) is 11.4. The molecule has 0 amide bonds. The lowest BCUT2D eigenvalue weighted by Gasteiger charge is -2.31. The zero-order valence-corrected chi connectivity index (χ0v) is 6.90. The molecule has 10 heavy (non-hydrogen) atoms. The van der Waals surface area contributed by atoms with Gasteiger partial charge in [0.05, 0.1) is 0 Å². The topological polar surface area (TPSA) is 0 Å². The molecular weight excluding hydrogens is 120 g/mol. The van der Waals surface area contributed by atoms with Crippen molar-refractivity contribution in [1.29, 1.82) is 0 Å². The van der Waals surface area contributed by atoms with Gasteiger partial charge in [0, 0.05) is 0 Å². The highest BCUT2D eigenvalue weighted by molar-refractivity contribution is 5.00. The quantitative estimate of drug-likeness (QED) is 0.520. The minimum atomic E-state index is 0.781. The summed E-state index contributed by atoms with van der Waals surface area (Å²) in [6.45, 7) is 2.36. The fraction of sp³-hybridized carbons (Fsp3) is 0.900. The Hall–Kier alpha value is 0. The van der Waals surface area contributed by atoms with Gasteiger partial charge in [0.15, 0.2) is 0 Å². The van der Waals surface area contributed by atoms with Crippen LogP contribution in [0.2, 0.25) is 0 Å². The van der Waals surface area contributed by atoms with Crippen molar-refractivity contribution in [2.24, 2.45) is 11.3 Å². The molecule has 0 N–H and O–H groups in total. The number of fused-ring (bicyclic) bond motifs is 2. The van der Waals surface area contributed by atoms with Crippen LogP contribution in [0.1, 0.15) is 45.4 Å². The summed E-state index contributed by atoms with van der Waals surface area (Å²) < 4.78 is 0. The first-order valence-corrected chi connectivity index (χ1v) is 4.68. The molecule has 2 saturated carbocycles. The molecule has 2 rings (SSSR count). The van der Waals surface area contributed by atoms with E-state index in [9.17, 15) is 0 Å². The van der Waals surface area contributed by atoms with Gasteiger partial charge in [-0.15, -0.1) is 0 Å². The van der Waals surface area contributed by atoms with Crippen molar-refractivity contribution < 1.29 is 0 Å². The normalized spacial score (nSPS) is 45.9. The van der Waals surface area contributed by atoms with Crippen LogP contribution in [0.3, 0.4) is 0 Å². The summed E-state index contributed by atoms with van der Waals surface area (Å²) in [5.41, 5.74) is 0.781. The first-order valence-electron chi connectivity index (χ1n) is 4.68. The fourth-order valence-corrected chi connectivity index (χ4v) is 2.77. The lowest BCUT2D eigenvalue weighted by Crippen LogP contribution is -2.19. The molecule has 0 spiro atoms. The van der Waals surface area contributed by atoms with Gasteiger partial charge in [0.25, 0.3) is 0 Å². The molecule has 2 atom stereocenters. The van der Waals surface area contributed by atoms with Crippen molar-refractivity contribution >= 4 is 0 Å². The van der Waals surface area contributed by atoms with Crippen LogP contribution in [0.4, 0.5) is 0 Å². The average Bonchev–Trinajstić information content (AvgIpc) is 2.29. The molecule has 0 nitrogen and oxygen atoms in total. The molecule has 0 aliphatic heterocycles. The Morgan fingerprint density at radius 3 is 3.20 bits per heavy atom. The van der Waals surface area contributed by atoms with E-state index in [2.05, 4.69) is 13.3 Å². The molecule has 0 saturated heterocycles. The van der Waals surface area contributed by atoms with Crippen LogP contribution in [-0.2, 0) is 0 Å². The van der Waals surface area contributed by atoms with Crippen molar-refractivity contribution in [3.05, 3.63) is 6.42 Å². The molecule has 2 bridgehead atoms. The Morgan fingerprint density at radius 2 is 2.50 bits per heavy atom. The van der Waals surface area contributed by atoms with E-state index in [1.165, 1.54) is 38.5 Å². The third-order valence-electron chi connectivity index (χ3n) is 3.61. The van der Waals surface area contributed by atoms with Gasteiger partial charge in [-0.05, 0) is 37.0 Å². The Kier molecular flexibility index (Phi) is 1.51. The van der Waals surface area contributed by atoms with Gasteiger partial charge in [-0.3, -0.25) is 0 Å². The van der Waals surface area contributed by atoms with E-state index >= 15 is 0 Å². The van der Waals surface area contributed by atoms with Crippen LogP contribution in [0.15, 0.2) is 0 Å². The summed E-state index contributed by atoms with van der Waals surface area (Å²) in [5, 5.41) is 0. The Balaban J connectivity index is 2.10. The molecule has 2 fully saturated rings. The van der Waals surface area contributed by atoms with Crippen molar-refractivity contribution in [3.8, 4) is 0 Å². The van der Waals surface area contributed by atoms with Crippen LogP contribution < -0.4 is 0 Å². The van der Waals surface area contributed by atoms with E-state index < -0.39 is 0 Å². The SMILES string of the molecule is CCC12C[CH]C(CCC1)C2. The second-order valence-corrected chi connectivity index (χ2v) is 4.15. The van der Waals surface area contributed by atoms with E-state index in [1.807, 2.05) is 0 Å². The van der Waals surface area contributed by atoms with Gasteiger partial charge < -0.3 is 0 Å². The van der Waals surface area contributed by atoms with Crippen molar-refractivity contribution in [3.63, 3.8) is 0 Å².